The van der Waals surface area contributed by atoms with Gasteiger partial charge in [0.15, 0.2) is 0 Å². The van der Waals surface area contributed by atoms with Crippen LogP contribution in [0.25, 0.3) is 10.8 Å². The van der Waals surface area contributed by atoms with E-state index in [0.717, 1.165) is 25.7 Å². The van der Waals surface area contributed by atoms with Crippen LogP contribution < -0.4 is 4.74 Å². The van der Waals surface area contributed by atoms with Crippen molar-refractivity contribution in [3.63, 3.8) is 0 Å². The molecule has 0 atom stereocenters. The molecule has 1 fully saturated rings. The number of carbonyl (C=O) groups is 1. The van der Waals surface area contributed by atoms with Gasteiger partial charge in [0.2, 0.25) is 0 Å². The first-order valence-corrected chi connectivity index (χ1v) is 9.35. The summed E-state index contributed by atoms with van der Waals surface area (Å²) in [6.07, 6.45) is -0.637. The minimum Gasteiger partial charge on any atom is -0.490 e. The lowest BCUT2D eigenvalue weighted by molar-refractivity contribution is -0.138. The van der Waals surface area contributed by atoms with E-state index in [1.807, 2.05) is 0 Å². The second kappa shape index (κ2) is 7.17. The smallest absolute Gasteiger partial charge is 0.420 e. The zero-order chi connectivity index (χ0) is 19.8. The monoisotopic (exact) mass is 378 g/mol. The fourth-order valence-electron chi connectivity index (χ4n) is 4.02. The Bertz CT molecular complexity index is 826. The molecule has 1 aliphatic carbocycles. The molecule has 27 heavy (non-hydrogen) atoms. The molecule has 2 nitrogen and oxygen atoms in total. The number of hydrogen-bond donors (Lipinski definition) is 0. The molecule has 0 amide bonds. The second-order valence-electron chi connectivity index (χ2n) is 8.49. The molecule has 2 aromatic rings. The number of carbonyl (C=O) groups excluding carboxylic acids is 1. The van der Waals surface area contributed by atoms with E-state index in [2.05, 4.69) is 20.8 Å². The van der Waals surface area contributed by atoms with E-state index >= 15 is 0 Å². The predicted octanol–water partition coefficient (Wildman–Crippen LogP) is 6.65. The quantitative estimate of drug-likeness (QED) is 0.559. The third kappa shape index (κ3) is 4.28. The summed E-state index contributed by atoms with van der Waals surface area (Å²) in [4.78, 5) is 10.9. The average molecular weight is 378 g/mol. The van der Waals surface area contributed by atoms with Gasteiger partial charge in [-0.2, -0.15) is 13.2 Å². The van der Waals surface area contributed by atoms with Crippen molar-refractivity contribution < 1.29 is 22.7 Å². The highest BCUT2D eigenvalue weighted by molar-refractivity contribution is 5.92. The Hall–Kier alpha value is -2.04. The molecule has 1 aliphatic rings. The third-order valence-electron chi connectivity index (χ3n) is 5.62. The van der Waals surface area contributed by atoms with Crippen LogP contribution in [-0.4, -0.2) is 12.4 Å². The van der Waals surface area contributed by atoms with Crippen LogP contribution in [0.2, 0.25) is 0 Å². The second-order valence-corrected chi connectivity index (χ2v) is 8.49. The van der Waals surface area contributed by atoms with Crippen LogP contribution in [0.1, 0.15) is 62.4 Å². The number of benzene rings is 2. The van der Waals surface area contributed by atoms with Gasteiger partial charge in [-0.3, -0.25) is 4.79 Å². The lowest BCUT2D eigenvalue weighted by atomic mass is 9.72. The molecular weight excluding hydrogens is 353 g/mol. The van der Waals surface area contributed by atoms with Gasteiger partial charge in [-0.1, -0.05) is 39.0 Å². The van der Waals surface area contributed by atoms with E-state index in [9.17, 15) is 18.0 Å². The van der Waals surface area contributed by atoms with Crippen LogP contribution in [-0.2, 0) is 6.18 Å². The number of alkyl halides is 3. The Balaban J connectivity index is 1.90. The van der Waals surface area contributed by atoms with Crippen molar-refractivity contribution in [2.45, 2.75) is 58.7 Å². The van der Waals surface area contributed by atoms with Crippen LogP contribution >= 0.6 is 0 Å². The molecule has 146 valence electrons. The number of aldehydes is 1. The molecule has 0 aliphatic heterocycles. The normalized spacial score (nSPS) is 21.3. The summed E-state index contributed by atoms with van der Waals surface area (Å²) in [5.41, 5.74) is -0.193. The summed E-state index contributed by atoms with van der Waals surface area (Å²) in [5.74, 6) is 0.450. The Morgan fingerprint density at radius 3 is 2.22 bits per heavy atom. The molecule has 0 unspecified atom stereocenters. The molecule has 2 aromatic carbocycles. The van der Waals surface area contributed by atoms with Crippen LogP contribution in [0.5, 0.6) is 5.75 Å². The summed E-state index contributed by atoms with van der Waals surface area (Å²) in [6, 6.07) is 7.20. The standard InChI is InChI=1S/C22H25F3O2/c1-21(2,3)16-6-8-17(9-7-16)27-19-11-5-15-12-14(13-26)4-10-18(15)20(19)22(23,24)25/h4-5,10-13,16-17H,6-9H2,1-3H3. The van der Waals surface area contributed by atoms with Crippen molar-refractivity contribution in [1.82, 2.24) is 0 Å². The van der Waals surface area contributed by atoms with E-state index < -0.39 is 11.7 Å². The summed E-state index contributed by atoms with van der Waals surface area (Å²) in [6.45, 7) is 6.62. The highest BCUT2D eigenvalue weighted by Gasteiger charge is 2.38. The highest BCUT2D eigenvalue weighted by atomic mass is 19.4. The number of rotatable bonds is 3. The maximum Gasteiger partial charge on any atom is 0.420 e. The topological polar surface area (TPSA) is 26.3 Å². The molecular formula is C22H25F3O2. The molecule has 0 radical (unpaired) electrons. The van der Waals surface area contributed by atoms with Gasteiger partial charge in [0.05, 0.1) is 6.10 Å². The van der Waals surface area contributed by atoms with Gasteiger partial charge in [-0.05, 0) is 59.9 Å². The zero-order valence-electron chi connectivity index (χ0n) is 15.9. The summed E-state index contributed by atoms with van der Waals surface area (Å²) in [5, 5.41) is 0.449. The van der Waals surface area contributed by atoms with Crippen molar-refractivity contribution >= 4 is 17.1 Å². The fourth-order valence-corrected chi connectivity index (χ4v) is 4.02. The lowest BCUT2D eigenvalue weighted by Gasteiger charge is -2.37. The number of fused-ring (bicyclic) bond motifs is 1. The van der Waals surface area contributed by atoms with Gasteiger partial charge < -0.3 is 4.74 Å². The van der Waals surface area contributed by atoms with E-state index in [1.54, 1.807) is 6.07 Å². The largest absolute Gasteiger partial charge is 0.490 e. The van der Waals surface area contributed by atoms with Gasteiger partial charge in [0, 0.05) is 5.56 Å². The summed E-state index contributed by atoms with van der Waals surface area (Å²) < 4.78 is 47.2. The van der Waals surface area contributed by atoms with Crippen molar-refractivity contribution in [2.75, 3.05) is 0 Å². The first-order valence-electron chi connectivity index (χ1n) is 9.35. The van der Waals surface area contributed by atoms with Gasteiger partial charge in [0.25, 0.3) is 0 Å². The van der Waals surface area contributed by atoms with Crippen molar-refractivity contribution in [2.24, 2.45) is 11.3 Å². The van der Waals surface area contributed by atoms with E-state index in [4.69, 9.17) is 4.74 Å². The van der Waals surface area contributed by atoms with Crippen LogP contribution in [0, 0.1) is 11.3 Å². The maximum atomic E-state index is 13.8. The molecule has 0 N–H and O–H groups in total. The van der Waals surface area contributed by atoms with Gasteiger partial charge >= 0.3 is 6.18 Å². The maximum absolute atomic E-state index is 13.8. The Labute approximate surface area is 157 Å². The van der Waals surface area contributed by atoms with Gasteiger partial charge in [0.1, 0.15) is 17.6 Å². The minimum absolute atomic E-state index is 0.0639. The molecule has 0 aromatic heterocycles. The first kappa shape index (κ1) is 19.7. The average Bonchev–Trinajstić information content (AvgIpc) is 2.59. The van der Waals surface area contributed by atoms with Crippen molar-refractivity contribution in [3.8, 4) is 5.75 Å². The minimum atomic E-state index is -4.53. The fraction of sp³-hybridized carbons (Fsp3) is 0.500. The number of ether oxygens (including phenoxy) is 1. The Morgan fingerprint density at radius 2 is 1.67 bits per heavy atom. The Morgan fingerprint density at radius 1 is 1.00 bits per heavy atom. The SMILES string of the molecule is CC(C)(C)C1CCC(Oc2ccc3cc(C=O)ccc3c2C(F)(F)F)CC1. The van der Waals surface area contributed by atoms with Gasteiger partial charge in [-0.15, -0.1) is 0 Å². The number of hydrogen-bond acceptors (Lipinski definition) is 2. The summed E-state index contributed by atoms with van der Waals surface area (Å²) in [7, 11) is 0. The zero-order valence-corrected chi connectivity index (χ0v) is 15.9. The third-order valence-corrected chi connectivity index (χ3v) is 5.62. The van der Waals surface area contributed by atoms with Crippen molar-refractivity contribution in [1.29, 1.82) is 0 Å². The van der Waals surface area contributed by atoms with Crippen LogP contribution in [0.15, 0.2) is 30.3 Å². The summed E-state index contributed by atoms with van der Waals surface area (Å²) >= 11 is 0. The highest BCUT2D eigenvalue weighted by Crippen LogP contribution is 2.44. The molecule has 5 heteroatoms. The molecule has 0 spiro atoms. The predicted molar refractivity (Wildman–Crippen MR) is 100 cm³/mol. The van der Waals surface area contributed by atoms with Crippen LogP contribution in [0.3, 0.4) is 0 Å². The Kier molecular flexibility index (Phi) is 5.24. The van der Waals surface area contributed by atoms with Crippen molar-refractivity contribution in [3.05, 3.63) is 41.5 Å². The van der Waals surface area contributed by atoms with E-state index in [0.29, 0.717) is 23.2 Å². The molecule has 0 saturated heterocycles. The van der Waals surface area contributed by atoms with Gasteiger partial charge in [-0.25, -0.2) is 0 Å². The lowest BCUT2D eigenvalue weighted by Crippen LogP contribution is -2.31. The molecule has 3 rings (SSSR count). The van der Waals surface area contributed by atoms with E-state index in [1.165, 1.54) is 24.3 Å². The van der Waals surface area contributed by atoms with Crippen LogP contribution in [0.4, 0.5) is 13.2 Å². The molecule has 1 saturated carbocycles. The molecule has 0 bridgehead atoms. The number of halogens is 3. The molecule has 0 heterocycles. The first-order chi connectivity index (χ1) is 12.6. The van der Waals surface area contributed by atoms with E-state index in [-0.39, 0.29) is 22.7 Å².